The summed E-state index contributed by atoms with van der Waals surface area (Å²) in [7, 11) is 1.75. The first-order valence-electron chi connectivity index (χ1n) is 6.52. The molecular formula is C13H20Cl2N4O. The van der Waals surface area contributed by atoms with E-state index in [9.17, 15) is 4.79 Å². The summed E-state index contributed by atoms with van der Waals surface area (Å²) in [5, 5.41) is 6.90. The van der Waals surface area contributed by atoms with E-state index >= 15 is 0 Å². The van der Waals surface area contributed by atoms with Crippen LogP contribution in [0.1, 0.15) is 20.8 Å². The van der Waals surface area contributed by atoms with Crippen molar-refractivity contribution >= 4 is 40.7 Å². The number of pyridine rings is 1. The minimum absolute atomic E-state index is 0.0229. The van der Waals surface area contributed by atoms with Gasteiger partial charge in [-0.3, -0.25) is 4.79 Å². The first-order valence-corrected chi connectivity index (χ1v) is 7.27. The molecule has 0 aliphatic carbocycles. The van der Waals surface area contributed by atoms with Gasteiger partial charge in [-0.15, -0.1) is 0 Å². The number of amides is 1. The smallest absolute Gasteiger partial charge is 0.244 e. The van der Waals surface area contributed by atoms with E-state index in [0.29, 0.717) is 34.8 Å². The van der Waals surface area contributed by atoms with Crippen molar-refractivity contribution in [2.75, 3.05) is 30.8 Å². The zero-order chi connectivity index (χ0) is 15.3. The number of rotatable bonds is 6. The number of nitrogens with zero attached hydrogens (tertiary/aromatic N) is 2. The molecule has 1 rings (SSSR count). The van der Waals surface area contributed by atoms with Crippen LogP contribution in [0.15, 0.2) is 6.07 Å². The standard InChI is InChI=1S/C13H20Cl2N4O/c1-5-16-11-9(14)7-10(15)12(18-11)17-8(3)13(20)19(4)6-2/h7-8H,5-6H2,1-4H3,(H2,16,17,18). The number of halogens is 2. The Labute approximate surface area is 129 Å². The Morgan fingerprint density at radius 2 is 1.95 bits per heavy atom. The second-order valence-corrected chi connectivity index (χ2v) is 5.21. The SMILES string of the molecule is CCNc1nc(NC(C)C(=O)N(C)CC)c(Cl)cc1Cl. The van der Waals surface area contributed by atoms with Gasteiger partial charge in [0.25, 0.3) is 0 Å². The van der Waals surface area contributed by atoms with Crippen molar-refractivity contribution in [3.8, 4) is 0 Å². The van der Waals surface area contributed by atoms with Crippen LogP contribution in [0.25, 0.3) is 0 Å². The third kappa shape index (κ3) is 4.15. The maximum atomic E-state index is 12.0. The predicted molar refractivity (Wildman–Crippen MR) is 84.8 cm³/mol. The molecule has 1 atom stereocenters. The molecule has 0 radical (unpaired) electrons. The molecule has 1 aromatic heterocycles. The third-order valence-corrected chi connectivity index (χ3v) is 3.42. The zero-order valence-corrected chi connectivity index (χ0v) is 13.6. The monoisotopic (exact) mass is 318 g/mol. The zero-order valence-electron chi connectivity index (χ0n) is 12.1. The van der Waals surface area contributed by atoms with Gasteiger partial charge in [-0.2, -0.15) is 0 Å². The van der Waals surface area contributed by atoms with Gasteiger partial charge in [0.15, 0.2) is 0 Å². The number of nitrogens with one attached hydrogen (secondary N) is 2. The predicted octanol–water partition coefficient (Wildman–Crippen LogP) is 3.10. The summed E-state index contributed by atoms with van der Waals surface area (Å²) < 4.78 is 0. The van der Waals surface area contributed by atoms with Crippen LogP contribution in [-0.4, -0.2) is 42.0 Å². The number of hydrogen-bond acceptors (Lipinski definition) is 4. The van der Waals surface area contributed by atoms with E-state index in [-0.39, 0.29) is 5.91 Å². The lowest BCUT2D eigenvalue weighted by Crippen LogP contribution is -2.39. The van der Waals surface area contributed by atoms with E-state index in [1.807, 2.05) is 13.8 Å². The molecule has 0 aromatic carbocycles. The summed E-state index contributed by atoms with van der Waals surface area (Å²) in [6.45, 7) is 6.98. The minimum atomic E-state index is -0.416. The summed E-state index contributed by atoms with van der Waals surface area (Å²) in [5.41, 5.74) is 0. The Bertz CT molecular complexity index is 482. The fourth-order valence-electron chi connectivity index (χ4n) is 1.61. The Morgan fingerprint density at radius 3 is 2.50 bits per heavy atom. The number of aromatic nitrogens is 1. The highest BCUT2D eigenvalue weighted by Gasteiger charge is 2.18. The minimum Gasteiger partial charge on any atom is -0.369 e. The average Bonchev–Trinajstić information content (AvgIpc) is 2.42. The molecule has 0 saturated carbocycles. The fraction of sp³-hybridized carbons (Fsp3) is 0.538. The van der Waals surface area contributed by atoms with Crippen LogP contribution in [-0.2, 0) is 4.79 Å². The normalized spacial score (nSPS) is 11.9. The van der Waals surface area contributed by atoms with Crippen molar-refractivity contribution in [2.45, 2.75) is 26.8 Å². The van der Waals surface area contributed by atoms with Crippen LogP contribution in [0, 0.1) is 0 Å². The summed E-state index contributed by atoms with van der Waals surface area (Å²) in [4.78, 5) is 18.0. The van der Waals surface area contributed by atoms with Crippen LogP contribution < -0.4 is 10.6 Å². The van der Waals surface area contributed by atoms with Gasteiger partial charge in [-0.05, 0) is 26.8 Å². The summed E-state index contributed by atoms with van der Waals surface area (Å²) in [5.74, 6) is 0.965. The summed E-state index contributed by atoms with van der Waals surface area (Å²) in [6, 6.07) is 1.19. The maximum Gasteiger partial charge on any atom is 0.244 e. The van der Waals surface area contributed by atoms with E-state index in [1.165, 1.54) is 0 Å². The van der Waals surface area contributed by atoms with Crippen LogP contribution in [0.2, 0.25) is 10.0 Å². The van der Waals surface area contributed by atoms with Crippen molar-refractivity contribution in [1.82, 2.24) is 9.88 Å². The maximum absolute atomic E-state index is 12.0. The largest absolute Gasteiger partial charge is 0.369 e. The molecule has 2 N–H and O–H groups in total. The Morgan fingerprint density at radius 1 is 1.35 bits per heavy atom. The number of anilines is 2. The first-order chi connectivity index (χ1) is 9.40. The van der Waals surface area contributed by atoms with Gasteiger partial charge in [-0.1, -0.05) is 23.2 Å². The molecule has 1 unspecified atom stereocenters. The second kappa shape index (κ2) is 7.55. The molecule has 7 heteroatoms. The number of carbonyl (C=O) groups is 1. The molecule has 20 heavy (non-hydrogen) atoms. The Hall–Kier alpha value is -1.20. The lowest BCUT2D eigenvalue weighted by molar-refractivity contribution is -0.130. The van der Waals surface area contributed by atoms with Crippen LogP contribution in [0.3, 0.4) is 0 Å². The van der Waals surface area contributed by atoms with E-state index in [1.54, 1.807) is 24.9 Å². The molecule has 0 aliphatic rings. The topological polar surface area (TPSA) is 57.3 Å². The van der Waals surface area contributed by atoms with E-state index in [4.69, 9.17) is 23.2 Å². The van der Waals surface area contributed by atoms with Gasteiger partial charge in [0.1, 0.15) is 17.7 Å². The van der Waals surface area contributed by atoms with Crippen LogP contribution in [0.5, 0.6) is 0 Å². The van der Waals surface area contributed by atoms with Crippen molar-refractivity contribution in [2.24, 2.45) is 0 Å². The van der Waals surface area contributed by atoms with Gasteiger partial charge in [-0.25, -0.2) is 4.98 Å². The molecular weight excluding hydrogens is 299 g/mol. The third-order valence-electron chi connectivity index (χ3n) is 2.85. The molecule has 0 saturated heterocycles. The van der Waals surface area contributed by atoms with Gasteiger partial charge in [0.05, 0.1) is 10.0 Å². The Kier molecular flexibility index (Phi) is 6.36. The summed E-state index contributed by atoms with van der Waals surface area (Å²) >= 11 is 12.1. The number of likely N-dealkylation sites (N-methyl/N-ethyl adjacent to an activating group) is 1. The molecule has 0 fully saturated rings. The second-order valence-electron chi connectivity index (χ2n) is 4.40. The van der Waals surface area contributed by atoms with Gasteiger partial charge < -0.3 is 15.5 Å². The highest BCUT2D eigenvalue weighted by Crippen LogP contribution is 2.29. The van der Waals surface area contributed by atoms with Crippen molar-refractivity contribution in [3.05, 3.63) is 16.1 Å². The Balaban J connectivity index is 2.91. The molecule has 0 aliphatic heterocycles. The highest BCUT2D eigenvalue weighted by molar-refractivity contribution is 6.37. The van der Waals surface area contributed by atoms with E-state index in [2.05, 4.69) is 15.6 Å². The molecule has 0 spiro atoms. The lowest BCUT2D eigenvalue weighted by atomic mass is 10.3. The first kappa shape index (κ1) is 16.9. The molecule has 1 amide bonds. The number of carbonyl (C=O) groups excluding carboxylic acids is 1. The van der Waals surface area contributed by atoms with Crippen molar-refractivity contribution in [3.63, 3.8) is 0 Å². The van der Waals surface area contributed by atoms with Gasteiger partial charge in [0.2, 0.25) is 5.91 Å². The van der Waals surface area contributed by atoms with Crippen molar-refractivity contribution < 1.29 is 4.79 Å². The molecule has 1 aromatic rings. The number of hydrogen-bond donors (Lipinski definition) is 2. The van der Waals surface area contributed by atoms with Gasteiger partial charge >= 0.3 is 0 Å². The molecule has 0 bridgehead atoms. The quantitative estimate of drug-likeness (QED) is 0.846. The lowest BCUT2D eigenvalue weighted by Gasteiger charge is -2.21. The van der Waals surface area contributed by atoms with Crippen LogP contribution in [0.4, 0.5) is 11.6 Å². The molecule has 112 valence electrons. The van der Waals surface area contributed by atoms with Crippen molar-refractivity contribution in [1.29, 1.82) is 0 Å². The van der Waals surface area contributed by atoms with E-state index < -0.39 is 6.04 Å². The van der Waals surface area contributed by atoms with Crippen LogP contribution >= 0.6 is 23.2 Å². The fourth-order valence-corrected chi connectivity index (χ4v) is 2.09. The highest BCUT2D eigenvalue weighted by atomic mass is 35.5. The summed E-state index contributed by atoms with van der Waals surface area (Å²) in [6.07, 6.45) is 0. The van der Waals surface area contributed by atoms with E-state index in [0.717, 1.165) is 0 Å². The average molecular weight is 319 g/mol. The molecule has 1 heterocycles. The van der Waals surface area contributed by atoms with Gasteiger partial charge in [0, 0.05) is 20.1 Å². The molecule has 5 nitrogen and oxygen atoms in total.